The summed E-state index contributed by atoms with van der Waals surface area (Å²) in [5.41, 5.74) is 0. The lowest BCUT2D eigenvalue weighted by Crippen LogP contribution is -2.45. The van der Waals surface area contributed by atoms with Gasteiger partial charge in [0.05, 0.1) is 25.4 Å². The molecule has 6 heteroatoms. The number of nitrogens with one attached hydrogen (secondary N) is 1. The highest BCUT2D eigenvalue weighted by atomic mass is 16.5. The highest BCUT2D eigenvalue weighted by Gasteiger charge is 2.18. The molecule has 0 heterocycles. The summed E-state index contributed by atoms with van der Waals surface area (Å²) in [4.78, 5) is 24.7. The molecule has 0 aromatic carbocycles. The molecular weight excluding hydrogens is 1040 g/mol. The lowest BCUT2D eigenvalue weighted by molar-refractivity contribution is -0.143. The fourth-order valence-corrected chi connectivity index (χ4v) is 12.2. The van der Waals surface area contributed by atoms with Gasteiger partial charge in [-0.3, -0.25) is 9.59 Å². The molecular formula is C79H151NO5. The first-order valence-electron chi connectivity index (χ1n) is 38.8. The first-order chi connectivity index (χ1) is 42.0. The number of rotatable bonds is 73. The topological polar surface area (TPSA) is 95.9 Å². The molecule has 2 atom stereocenters. The minimum atomic E-state index is -0.849. The number of hydrogen-bond donors (Lipinski definition) is 3. The van der Waals surface area contributed by atoms with E-state index in [0.29, 0.717) is 19.4 Å². The van der Waals surface area contributed by atoms with Gasteiger partial charge in [0.2, 0.25) is 5.91 Å². The number of carbonyl (C=O) groups excluding carboxylic acids is 2. The third-order valence-electron chi connectivity index (χ3n) is 18.1. The molecule has 0 aliphatic rings. The van der Waals surface area contributed by atoms with E-state index in [1.165, 1.54) is 360 Å². The Morgan fingerprint density at radius 1 is 0.318 bits per heavy atom. The van der Waals surface area contributed by atoms with Gasteiger partial charge in [0.15, 0.2) is 0 Å². The predicted molar refractivity (Wildman–Crippen MR) is 375 cm³/mol. The van der Waals surface area contributed by atoms with Crippen molar-refractivity contribution < 1.29 is 24.5 Å². The molecule has 0 bridgehead atoms. The molecule has 0 fully saturated rings. The molecule has 3 N–H and O–H groups in total. The Balaban J connectivity index is 3.41. The molecule has 85 heavy (non-hydrogen) atoms. The number of aliphatic hydroxyl groups excluding tert-OH is 2. The average Bonchev–Trinajstić information content (AvgIpc) is 3.51. The van der Waals surface area contributed by atoms with Crippen LogP contribution in [0.4, 0.5) is 0 Å². The van der Waals surface area contributed by atoms with Crippen molar-refractivity contribution in [3.63, 3.8) is 0 Å². The lowest BCUT2D eigenvalue weighted by atomic mass is 10.0. The molecule has 0 saturated carbocycles. The van der Waals surface area contributed by atoms with Crippen LogP contribution in [0.1, 0.15) is 431 Å². The van der Waals surface area contributed by atoms with Crippen molar-refractivity contribution in [3.05, 3.63) is 36.5 Å². The van der Waals surface area contributed by atoms with Crippen LogP contribution in [0.3, 0.4) is 0 Å². The Kier molecular flexibility index (Phi) is 72.9. The van der Waals surface area contributed by atoms with Crippen LogP contribution < -0.4 is 5.32 Å². The first-order valence-corrected chi connectivity index (χ1v) is 38.8. The monoisotopic (exact) mass is 1190 g/mol. The average molecular weight is 1200 g/mol. The zero-order chi connectivity index (χ0) is 61.3. The molecule has 0 aliphatic carbocycles. The zero-order valence-corrected chi connectivity index (χ0v) is 57.6. The first kappa shape index (κ1) is 83.1. The quantitative estimate of drug-likeness (QED) is 0.0320. The van der Waals surface area contributed by atoms with E-state index in [9.17, 15) is 19.8 Å². The van der Waals surface area contributed by atoms with Crippen LogP contribution >= 0.6 is 0 Å². The second-order valence-electron chi connectivity index (χ2n) is 26.7. The molecule has 0 aromatic heterocycles. The summed E-state index contributed by atoms with van der Waals surface area (Å²) in [5, 5.41) is 23.3. The Hall–Kier alpha value is -1.92. The van der Waals surface area contributed by atoms with Gasteiger partial charge in [-0.1, -0.05) is 371 Å². The van der Waals surface area contributed by atoms with E-state index in [1.54, 1.807) is 6.08 Å². The minimum absolute atomic E-state index is 0.0110. The van der Waals surface area contributed by atoms with Crippen LogP contribution in [0, 0.1) is 0 Å². The van der Waals surface area contributed by atoms with Crippen molar-refractivity contribution in [1.29, 1.82) is 0 Å². The third-order valence-corrected chi connectivity index (χ3v) is 18.1. The second kappa shape index (κ2) is 74.5. The van der Waals surface area contributed by atoms with E-state index in [0.717, 1.165) is 44.9 Å². The number of carbonyl (C=O) groups is 2. The van der Waals surface area contributed by atoms with Gasteiger partial charge in [0, 0.05) is 12.8 Å². The van der Waals surface area contributed by atoms with Gasteiger partial charge in [0.25, 0.3) is 0 Å². The van der Waals surface area contributed by atoms with Crippen LogP contribution in [0.15, 0.2) is 36.5 Å². The molecule has 0 aliphatic heterocycles. The van der Waals surface area contributed by atoms with E-state index in [1.807, 2.05) is 6.08 Å². The van der Waals surface area contributed by atoms with Gasteiger partial charge < -0.3 is 20.3 Å². The van der Waals surface area contributed by atoms with Crippen molar-refractivity contribution in [2.75, 3.05) is 13.2 Å². The van der Waals surface area contributed by atoms with Crippen LogP contribution in [0.5, 0.6) is 0 Å². The van der Waals surface area contributed by atoms with Gasteiger partial charge in [-0.2, -0.15) is 0 Å². The number of aliphatic hydroxyl groups is 2. The fraction of sp³-hybridized carbons (Fsp3) is 0.899. The maximum absolute atomic E-state index is 12.6. The van der Waals surface area contributed by atoms with E-state index in [-0.39, 0.29) is 18.5 Å². The van der Waals surface area contributed by atoms with E-state index in [4.69, 9.17) is 4.74 Å². The van der Waals surface area contributed by atoms with Crippen molar-refractivity contribution >= 4 is 11.9 Å². The summed E-state index contributed by atoms with van der Waals surface area (Å²) in [5.74, 6) is -0.0554. The number of amides is 1. The van der Waals surface area contributed by atoms with Gasteiger partial charge in [-0.25, -0.2) is 0 Å². The summed E-state index contributed by atoms with van der Waals surface area (Å²) in [6.45, 7) is 4.94. The van der Waals surface area contributed by atoms with Gasteiger partial charge in [-0.15, -0.1) is 0 Å². The number of allylic oxidation sites excluding steroid dienone is 5. The second-order valence-corrected chi connectivity index (χ2v) is 26.7. The molecule has 6 nitrogen and oxygen atoms in total. The van der Waals surface area contributed by atoms with Crippen molar-refractivity contribution in [2.24, 2.45) is 0 Å². The summed E-state index contributed by atoms with van der Waals surface area (Å²) in [6, 6.07) is -0.632. The maximum Gasteiger partial charge on any atom is 0.305 e. The summed E-state index contributed by atoms with van der Waals surface area (Å²) in [6.07, 6.45) is 96.8. The van der Waals surface area contributed by atoms with Crippen LogP contribution in [-0.4, -0.2) is 47.4 Å². The Morgan fingerprint density at radius 2 is 0.553 bits per heavy atom. The van der Waals surface area contributed by atoms with Gasteiger partial charge in [-0.05, 0) is 83.5 Å². The number of ether oxygens (including phenoxy) is 1. The minimum Gasteiger partial charge on any atom is -0.466 e. The summed E-state index contributed by atoms with van der Waals surface area (Å²) >= 11 is 0. The molecule has 0 aromatic rings. The molecule has 0 saturated heterocycles. The third kappa shape index (κ3) is 71.0. The predicted octanol–water partition coefficient (Wildman–Crippen LogP) is 25.4. The van der Waals surface area contributed by atoms with Crippen molar-refractivity contribution in [1.82, 2.24) is 5.32 Å². The van der Waals surface area contributed by atoms with Gasteiger partial charge >= 0.3 is 5.97 Å². The molecule has 1 amide bonds. The Labute approximate surface area is 532 Å². The summed E-state index contributed by atoms with van der Waals surface area (Å²) < 4.78 is 5.51. The normalized spacial score (nSPS) is 12.7. The summed E-state index contributed by atoms with van der Waals surface area (Å²) in [7, 11) is 0. The largest absolute Gasteiger partial charge is 0.466 e. The van der Waals surface area contributed by atoms with Crippen LogP contribution in [0.25, 0.3) is 0 Å². The number of hydrogen-bond acceptors (Lipinski definition) is 5. The van der Waals surface area contributed by atoms with Crippen LogP contribution in [0.2, 0.25) is 0 Å². The zero-order valence-electron chi connectivity index (χ0n) is 57.6. The SMILES string of the molecule is CCCCCCCCC/C=C\CCCCCCCCCC(=O)OCCCCCCCCCCCCCC/C=C\CCCCCCCCCCCC(=O)NC(CO)C(O)/C=C/CCCCCCCCCCCCCCCCCCCCCCCCC. The highest BCUT2D eigenvalue weighted by Crippen LogP contribution is 2.19. The Morgan fingerprint density at radius 3 is 0.835 bits per heavy atom. The Bertz CT molecular complexity index is 1380. The fourth-order valence-electron chi connectivity index (χ4n) is 12.2. The van der Waals surface area contributed by atoms with Gasteiger partial charge in [0.1, 0.15) is 0 Å². The maximum atomic E-state index is 12.6. The number of esters is 1. The highest BCUT2D eigenvalue weighted by molar-refractivity contribution is 5.76. The standard InChI is InChI=1S/C79H151NO5/c1-3-5-7-9-11-13-15-17-19-21-23-24-25-27-30-33-36-39-43-47-51-55-59-63-67-71-77(82)76(75-81)80-78(83)72-68-64-60-56-52-48-44-40-37-34-31-28-26-29-32-35-38-42-46-50-54-58-62-66-70-74-85-79(84)73-69-65-61-57-53-49-45-41-22-20-18-16-14-12-10-8-6-4-2/h20,22,28,31,67,71,76-77,81-82H,3-19,21,23-27,29-30,32-66,68-70,72-75H2,1-2H3,(H,80,83)/b22-20-,31-28-,71-67+. The molecule has 0 spiro atoms. The molecule has 2 unspecified atom stereocenters. The van der Waals surface area contributed by atoms with E-state index < -0.39 is 12.1 Å². The van der Waals surface area contributed by atoms with E-state index in [2.05, 4.69) is 43.5 Å². The van der Waals surface area contributed by atoms with Crippen molar-refractivity contribution in [2.45, 2.75) is 443 Å². The van der Waals surface area contributed by atoms with E-state index >= 15 is 0 Å². The number of unbranched alkanes of at least 4 members (excludes halogenated alkanes) is 58. The molecule has 0 rings (SSSR count). The van der Waals surface area contributed by atoms with Crippen molar-refractivity contribution in [3.8, 4) is 0 Å². The van der Waals surface area contributed by atoms with Crippen LogP contribution in [-0.2, 0) is 14.3 Å². The lowest BCUT2D eigenvalue weighted by Gasteiger charge is -2.20. The molecule has 0 radical (unpaired) electrons. The smallest absolute Gasteiger partial charge is 0.305 e. The molecule has 502 valence electrons.